The van der Waals surface area contributed by atoms with Gasteiger partial charge in [-0.25, -0.2) is 9.78 Å². The van der Waals surface area contributed by atoms with Gasteiger partial charge in [0.05, 0.1) is 5.69 Å². The van der Waals surface area contributed by atoms with Crippen LogP contribution in [0.4, 0.5) is 10.5 Å². The first-order chi connectivity index (χ1) is 14.9. The summed E-state index contributed by atoms with van der Waals surface area (Å²) in [6.45, 7) is 9.56. The minimum atomic E-state index is -0.0983. The van der Waals surface area contributed by atoms with Gasteiger partial charge in [0.25, 0.3) is 0 Å². The van der Waals surface area contributed by atoms with Crippen molar-refractivity contribution in [2.75, 3.05) is 31.5 Å². The molecule has 3 aromatic rings. The topological polar surface area (TPSA) is 61.6 Å². The van der Waals surface area contributed by atoms with Crippen LogP contribution in [-0.2, 0) is 6.54 Å². The van der Waals surface area contributed by atoms with E-state index in [4.69, 9.17) is 21.0 Å². The van der Waals surface area contributed by atoms with Gasteiger partial charge in [0.15, 0.2) is 0 Å². The Morgan fingerprint density at radius 1 is 1.06 bits per heavy atom. The summed E-state index contributed by atoms with van der Waals surface area (Å²) in [5, 5.41) is 3.58. The summed E-state index contributed by atoms with van der Waals surface area (Å²) in [5.41, 5.74) is 4.84. The summed E-state index contributed by atoms with van der Waals surface area (Å²) in [4.78, 5) is 21.4. The maximum Gasteiger partial charge on any atom is 0.321 e. The second-order valence-corrected chi connectivity index (χ2v) is 8.45. The van der Waals surface area contributed by atoms with E-state index in [1.807, 2.05) is 43.0 Å². The number of aromatic nitrogens is 1. The fourth-order valence-corrected chi connectivity index (χ4v) is 3.77. The van der Waals surface area contributed by atoms with Crippen molar-refractivity contribution in [3.8, 4) is 11.5 Å². The molecule has 4 rings (SSSR count). The van der Waals surface area contributed by atoms with Crippen LogP contribution in [0.3, 0.4) is 0 Å². The minimum absolute atomic E-state index is 0.0983. The van der Waals surface area contributed by atoms with Crippen LogP contribution in [0.25, 0.3) is 11.5 Å². The Balaban J connectivity index is 1.32. The molecule has 7 heteroatoms. The summed E-state index contributed by atoms with van der Waals surface area (Å²) in [7, 11) is 0. The quantitative estimate of drug-likeness (QED) is 0.602. The van der Waals surface area contributed by atoms with Crippen LogP contribution in [0.15, 0.2) is 46.9 Å². The SMILES string of the molecule is Cc1ccc(-c2nc(CN3CCN(C(=O)Nc4ccc(C)c(Cl)c4)CC3)c(C)o2)cc1. The molecule has 6 nitrogen and oxygen atoms in total. The first kappa shape index (κ1) is 21.4. The van der Waals surface area contributed by atoms with E-state index in [1.165, 1.54) is 5.56 Å². The molecule has 2 aromatic carbocycles. The predicted molar refractivity (Wildman–Crippen MR) is 123 cm³/mol. The molecule has 0 atom stereocenters. The van der Waals surface area contributed by atoms with Gasteiger partial charge in [-0.15, -0.1) is 0 Å². The summed E-state index contributed by atoms with van der Waals surface area (Å²) in [5.74, 6) is 1.49. The van der Waals surface area contributed by atoms with Gasteiger partial charge in [-0.2, -0.15) is 0 Å². The molecule has 1 aliphatic heterocycles. The van der Waals surface area contributed by atoms with E-state index in [0.29, 0.717) is 36.2 Å². The number of piperazine rings is 1. The molecule has 31 heavy (non-hydrogen) atoms. The molecule has 1 N–H and O–H groups in total. The molecule has 0 saturated carbocycles. The highest BCUT2D eigenvalue weighted by Gasteiger charge is 2.23. The zero-order valence-electron chi connectivity index (χ0n) is 18.1. The van der Waals surface area contributed by atoms with Crippen LogP contribution >= 0.6 is 11.6 Å². The van der Waals surface area contributed by atoms with Crippen molar-refractivity contribution >= 4 is 23.3 Å². The van der Waals surface area contributed by atoms with E-state index in [-0.39, 0.29) is 6.03 Å². The van der Waals surface area contributed by atoms with Crippen LogP contribution in [0.2, 0.25) is 5.02 Å². The van der Waals surface area contributed by atoms with Crippen molar-refractivity contribution in [2.45, 2.75) is 27.3 Å². The van der Waals surface area contributed by atoms with Crippen molar-refractivity contribution in [2.24, 2.45) is 0 Å². The fourth-order valence-electron chi connectivity index (χ4n) is 3.59. The predicted octanol–water partition coefficient (Wildman–Crippen LogP) is 5.27. The Hall–Kier alpha value is -2.83. The van der Waals surface area contributed by atoms with Crippen molar-refractivity contribution in [1.29, 1.82) is 0 Å². The number of halogens is 1. The number of hydrogen-bond donors (Lipinski definition) is 1. The molecule has 1 saturated heterocycles. The lowest BCUT2D eigenvalue weighted by Gasteiger charge is -2.34. The highest BCUT2D eigenvalue weighted by Crippen LogP contribution is 2.24. The lowest BCUT2D eigenvalue weighted by molar-refractivity contribution is 0.141. The molecule has 162 valence electrons. The number of urea groups is 1. The summed E-state index contributed by atoms with van der Waals surface area (Å²) < 4.78 is 5.90. The van der Waals surface area contributed by atoms with E-state index in [9.17, 15) is 4.79 Å². The molecule has 0 aliphatic carbocycles. The smallest absolute Gasteiger partial charge is 0.321 e. The van der Waals surface area contributed by atoms with Gasteiger partial charge < -0.3 is 14.6 Å². The molecule has 2 heterocycles. The first-order valence-electron chi connectivity index (χ1n) is 10.5. The number of amides is 2. The number of anilines is 1. The van der Waals surface area contributed by atoms with Gasteiger partial charge in [0, 0.05) is 49.0 Å². The van der Waals surface area contributed by atoms with Crippen molar-refractivity contribution in [3.63, 3.8) is 0 Å². The van der Waals surface area contributed by atoms with Crippen LogP contribution in [0.5, 0.6) is 0 Å². The molecule has 0 unspecified atom stereocenters. The Kier molecular flexibility index (Phi) is 6.30. The summed E-state index contributed by atoms with van der Waals surface area (Å²) >= 11 is 6.15. The zero-order chi connectivity index (χ0) is 22.0. The van der Waals surface area contributed by atoms with E-state index in [2.05, 4.69) is 29.3 Å². The maximum absolute atomic E-state index is 12.6. The first-order valence-corrected chi connectivity index (χ1v) is 10.8. The van der Waals surface area contributed by atoms with Gasteiger partial charge in [-0.1, -0.05) is 35.4 Å². The Morgan fingerprint density at radius 2 is 1.77 bits per heavy atom. The van der Waals surface area contributed by atoms with Crippen molar-refractivity contribution in [1.82, 2.24) is 14.8 Å². The molecule has 0 spiro atoms. The number of hydrogen-bond acceptors (Lipinski definition) is 4. The largest absolute Gasteiger partial charge is 0.441 e. The number of benzene rings is 2. The summed E-state index contributed by atoms with van der Waals surface area (Å²) in [6.07, 6.45) is 0. The van der Waals surface area contributed by atoms with Gasteiger partial charge in [0.2, 0.25) is 5.89 Å². The fraction of sp³-hybridized carbons (Fsp3) is 0.333. The number of rotatable bonds is 4. The third kappa shape index (κ3) is 5.09. The van der Waals surface area contributed by atoms with Crippen LogP contribution < -0.4 is 5.32 Å². The molecular weight excluding hydrogens is 412 g/mol. The second kappa shape index (κ2) is 9.12. The van der Waals surface area contributed by atoms with Gasteiger partial charge in [-0.3, -0.25) is 4.90 Å². The highest BCUT2D eigenvalue weighted by atomic mass is 35.5. The normalized spacial score (nSPS) is 14.6. The molecule has 0 radical (unpaired) electrons. The van der Waals surface area contributed by atoms with Gasteiger partial charge in [-0.05, 0) is 50.6 Å². The molecule has 1 fully saturated rings. The summed E-state index contributed by atoms with van der Waals surface area (Å²) in [6, 6.07) is 13.6. The number of carbonyl (C=O) groups excluding carboxylic acids is 1. The molecule has 1 aromatic heterocycles. The Labute approximate surface area is 187 Å². The number of aryl methyl sites for hydroxylation is 3. The zero-order valence-corrected chi connectivity index (χ0v) is 18.9. The maximum atomic E-state index is 12.6. The highest BCUT2D eigenvalue weighted by molar-refractivity contribution is 6.31. The van der Waals surface area contributed by atoms with Crippen LogP contribution in [0, 0.1) is 20.8 Å². The minimum Gasteiger partial charge on any atom is -0.441 e. The third-order valence-electron chi connectivity index (χ3n) is 5.65. The monoisotopic (exact) mass is 438 g/mol. The van der Waals surface area contributed by atoms with Crippen LogP contribution in [0.1, 0.15) is 22.6 Å². The lowest BCUT2D eigenvalue weighted by atomic mass is 10.1. The van der Waals surface area contributed by atoms with Gasteiger partial charge in [0.1, 0.15) is 5.76 Å². The molecular formula is C24H27ClN4O2. The number of nitrogens with one attached hydrogen (secondary N) is 1. The average Bonchev–Trinajstić information content (AvgIpc) is 3.12. The van der Waals surface area contributed by atoms with E-state index < -0.39 is 0 Å². The Morgan fingerprint density at radius 3 is 2.45 bits per heavy atom. The average molecular weight is 439 g/mol. The number of carbonyl (C=O) groups is 1. The second-order valence-electron chi connectivity index (χ2n) is 8.05. The van der Waals surface area contributed by atoms with Crippen molar-refractivity contribution < 1.29 is 9.21 Å². The van der Waals surface area contributed by atoms with E-state index in [1.54, 1.807) is 6.07 Å². The van der Waals surface area contributed by atoms with Crippen molar-refractivity contribution in [3.05, 3.63) is 70.1 Å². The van der Waals surface area contributed by atoms with Gasteiger partial charge >= 0.3 is 6.03 Å². The lowest BCUT2D eigenvalue weighted by Crippen LogP contribution is -2.49. The molecule has 0 bridgehead atoms. The Bertz CT molecular complexity index is 1070. The standard InChI is InChI=1S/C24H27ClN4O2/c1-16-4-7-19(8-5-16)23-27-22(18(3)31-23)15-28-10-12-29(13-11-28)24(30)26-20-9-6-17(2)21(25)14-20/h4-9,14H,10-13,15H2,1-3H3,(H,26,30). The molecule has 2 amide bonds. The molecule has 1 aliphatic rings. The third-order valence-corrected chi connectivity index (χ3v) is 6.05. The van der Waals surface area contributed by atoms with Crippen LogP contribution in [-0.4, -0.2) is 47.0 Å². The number of nitrogens with zero attached hydrogens (tertiary/aromatic N) is 3. The number of oxazole rings is 1. The van der Waals surface area contributed by atoms with E-state index >= 15 is 0 Å². The van der Waals surface area contributed by atoms with E-state index in [0.717, 1.165) is 35.7 Å².